The molecule has 19 heavy (non-hydrogen) atoms. The summed E-state index contributed by atoms with van der Waals surface area (Å²) in [5.74, 6) is 0. The van der Waals surface area contributed by atoms with Gasteiger partial charge < -0.3 is 4.90 Å². The highest BCUT2D eigenvalue weighted by Crippen LogP contribution is 2.31. The lowest BCUT2D eigenvalue weighted by Crippen LogP contribution is -2.39. The third-order valence-electron chi connectivity index (χ3n) is 4.78. The Bertz CT molecular complexity index is 455. The van der Waals surface area contributed by atoms with Crippen molar-refractivity contribution in [1.82, 2.24) is 4.90 Å². The molecule has 0 N–H and O–H groups in total. The quantitative estimate of drug-likeness (QED) is 0.756. The van der Waals surface area contributed by atoms with Crippen molar-refractivity contribution in [3.05, 3.63) is 41.5 Å². The van der Waals surface area contributed by atoms with Crippen LogP contribution in [0.4, 0.5) is 0 Å². The monoisotopic (exact) mass is 255 g/mol. The van der Waals surface area contributed by atoms with Gasteiger partial charge in [-0.3, -0.25) is 0 Å². The number of rotatable bonds is 2. The van der Waals surface area contributed by atoms with Crippen molar-refractivity contribution in [2.75, 3.05) is 13.1 Å². The standard InChI is InChI=1S/C18H25N/c1-15-7-3-4-8-18(15)16-9-11-17(12-10-16)19-13-5-2-6-14-19/h3-4,7-9,17H,2,5-6,10-14H2,1H3. The van der Waals surface area contributed by atoms with Gasteiger partial charge in [0, 0.05) is 6.04 Å². The summed E-state index contributed by atoms with van der Waals surface area (Å²) in [4.78, 5) is 2.73. The molecule has 1 nitrogen and oxygen atoms in total. The summed E-state index contributed by atoms with van der Waals surface area (Å²) in [5, 5.41) is 0. The van der Waals surface area contributed by atoms with E-state index in [0.717, 1.165) is 6.04 Å². The minimum Gasteiger partial charge on any atom is -0.300 e. The Kier molecular flexibility index (Phi) is 4.03. The molecule has 1 fully saturated rings. The summed E-state index contributed by atoms with van der Waals surface area (Å²) >= 11 is 0. The molecule has 1 saturated heterocycles. The van der Waals surface area contributed by atoms with Crippen LogP contribution in [-0.4, -0.2) is 24.0 Å². The van der Waals surface area contributed by atoms with Gasteiger partial charge in [0.1, 0.15) is 0 Å². The van der Waals surface area contributed by atoms with Crippen LogP contribution >= 0.6 is 0 Å². The SMILES string of the molecule is Cc1ccccc1C1=CCC(N2CCCCC2)CC1. The number of aryl methyl sites for hydroxylation is 1. The molecule has 102 valence electrons. The lowest BCUT2D eigenvalue weighted by molar-refractivity contribution is 0.155. The average molecular weight is 255 g/mol. The normalized spacial score (nSPS) is 25.1. The summed E-state index contributed by atoms with van der Waals surface area (Å²) in [6, 6.07) is 9.63. The van der Waals surface area contributed by atoms with Gasteiger partial charge in [0.25, 0.3) is 0 Å². The van der Waals surface area contributed by atoms with Crippen LogP contribution in [0.15, 0.2) is 30.3 Å². The Balaban J connectivity index is 1.68. The molecule has 1 atom stereocenters. The van der Waals surface area contributed by atoms with Gasteiger partial charge in [0.05, 0.1) is 0 Å². The van der Waals surface area contributed by atoms with Crippen LogP contribution in [-0.2, 0) is 0 Å². The molecule has 0 spiro atoms. The Morgan fingerprint density at radius 1 is 1.05 bits per heavy atom. The maximum atomic E-state index is 2.73. The zero-order valence-corrected chi connectivity index (χ0v) is 12.1. The summed E-state index contributed by atoms with van der Waals surface area (Å²) in [7, 11) is 0. The van der Waals surface area contributed by atoms with Gasteiger partial charge in [0.2, 0.25) is 0 Å². The molecule has 1 heterocycles. The molecule has 1 heteroatoms. The molecule has 3 rings (SSSR count). The van der Waals surface area contributed by atoms with Crippen LogP contribution in [0.25, 0.3) is 5.57 Å². The molecule has 1 aromatic carbocycles. The smallest absolute Gasteiger partial charge is 0.0133 e. The van der Waals surface area contributed by atoms with Crippen LogP contribution in [0, 0.1) is 6.92 Å². The van der Waals surface area contributed by atoms with Crippen molar-refractivity contribution in [2.45, 2.75) is 51.5 Å². The van der Waals surface area contributed by atoms with Crippen LogP contribution in [0.5, 0.6) is 0 Å². The number of benzene rings is 1. The van der Waals surface area contributed by atoms with E-state index < -0.39 is 0 Å². The summed E-state index contributed by atoms with van der Waals surface area (Å²) in [5.41, 5.74) is 4.47. The molecule has 0 amide bonds. The molecule has 2 aliphatic rings. The highest BCUT2D eigenvalue weighted by molar-refractivity contribution is 5.68. The number of allylic oxidation sites excluding steroid dienone is 1. The molecule has 1 aromatic rings. The van der Waals surface area contributed by atoms with E-state index in [-0.39, 0.29) is 0 Å². The first-order valence-corrected chi connectivity index (χ1v) is 7.83. The predicted molar refractivity (Wildman–Crippen MR) is 82.2 cm³/mol. The molecule has 0 radical (unpaired) electrons. The van der Waals surface area contributed by atoms with Gasteiger partial charge in [-0.05, 0) is 68.8 Å². The first-order chi connectivity index (χ1) is 9.34. The second-order valence-corrected chi connectivity index (χ2v) is 6.07. The maximum absolute atomic E-state index is 2.73. The molecule has 0 aromatic heterocycles. The molecule has 1 aliphatic carbocycles. The maximum Gasteiger partial charge on any atom is 0.0133 e. The van der Waals surface area contributed by atoms with Crippen LogP contribution in [0.2, 0.25) is 0 Å². The van der Waals surface area contributed by atoms with Gasteiger partial charge >= 0.3 is 0 Å². The topological polar surface area (TPSA) is 3.24 Å². The number of nitrogens with zero attached hydrogens (tertiary/aromatic N) is 1. The van der Waals surface area contributed by atoms with Gasteiger partial charge in [-0.15, -0.1) is 0 Å². The van der Waals surface area contributed by atoms with Crippen molar-refractivity contribution in [3.8, 4) is 0 Å². The van der Waals surface area contributed by atoms with Gasteiger partial charge in [-0.25, -0.2) is 0 Å². The Morgan fingerprint density at radius 3 is 2.53 bits per heavy atom. The third kappa shape index (κ3) is 2.92. The zero-order chi connectivity index (χ0) is 13.1. The number of hydrogen-bond donors (Lipinski definition) is 0. The average Bonchev–Trinajstić information content (AvgIpc) is 2.49. The van der Waals surface area contributed by atoms with Crippen LogP contribution in [0.3, 0.4) is 0 Å². The summed E-state index contributed by atoms with van der Waals surface area (Å²) in [6.45, 7) is 4.89. The van der Waals surface area contributed by atoms with Gasteiger partial charge in [-0.1, -0.05) is 36.8 Å². The number of likely N-dealkylation sites (tertiary alicyclic amines) is 1. The van der Waals surface area contributed by atoms with Crippen molar-refractivity contribution in [3.63, 3.8) is 0 Å². The van der Waals surface area contributed by atoms with E-state index in [0.29, 0.717) is 0 Å². The molecule has 0 saturated carbocycles. The predicted octanol–water partition coefficient (Wildman–Crippen LogP) is 4.42. The van der Waals surface area contributed by atoms with Crippen LogP contribution in [0.1, 0.15) is 49.7 Å². The van der Waals surface area contributed by atoms with E-state index in [1.165, 1.54) is 62.7 Å². The van der Waals surface area contributed by atoms with Gasteiger partial charge in [-0.2, -0.15) is 0 Å². The fourth-order valence-electron chi connectivity index (χ4n) is 3.61. The Morgan fingerprint density at radius 2 is 1.84 bits per heavy atom. The minimum atomic E-state index is 0.813. The lowest BCUT2D eigenvalue weighted by atomic mass is 9.87. The van der Waals surface area contributed by atoms with Gasteiger partial charge in [0.15, 0.2) is 0 Å². The van der Waals surface area contributed by atoms with Crippen molar-refractivity contribution in [2.24, 2.45) is 0 Å². The zero-order valence-electron chi connectivity index (χ0n) is 12.1. The van der Waals surface area contributed by atoms with E-state index in [2.05, 4.69) is 42.2 Å². The minimum absolute atomic E-state index is 0.813. The molecular weight excluding hydrogens is 230 g/mol. The second-order valence-electron chi connectivity index (χ2n) is 6.07. The number of hydrogen-bond acceptors (Lipinski definition) is 1. The van der Waals surface area contributed by atoms with E-state index >= 15 is 0 Å². The first kappa shape index (κ1) is 12.9. The fourth-order valence-corrected chi connectivity index (χ4v) is 3.61. The van der Waals surface area contributed by atoms with Crippen molar-refractivity contribution >= 4 is 5.57 Å². The van der Waals surface area contributed by atoms with E-state index in [4.69, 9.17) is 0 Å². The Labute approximate surface area is 117 Å². The molecular formula is C18H25N. The van der Waals surface area contributed by atoms with Crippen molar-refractivity contribution < 1.29 is 0 Å². The van der Waals surface area contributed by atoms with E-state index in [9.17, 15) is 0 Å². The molecule has 1 unspecified atom stereocenters. The lowest BCUT2D eigenvalue weighted by Gasteiger charge is -2.36. The molecule has 1 aliphatic heterocycles. The highest BCUT2D eigenvalue weighted by Gasteiger charge is 2.23. The second kappa shape index (κ2) is 5.92. The van der Waals surface area contributed by atoms with E-state index in [1.807, 2.05) is 0 Å². The first-order valence-electron chi connectivity index (χ1n) is 7.83. The van der Waals surface area contributed by atoms with E-state index in [1.54, 1.807) is 5.57 Å². The highest BCUT2D eigenvalue weighted by atomic mass is 15.2. The Hall–Kier alpha value is -1.08. The molecule has 0 bridgehead atoms. The third-order valence-corrected chi connectivity index (χ3v) is 4.78. The number of piperidine rings is 1. The summed E-state index contributed by atoms with van der Waals surface area (Å²) in [6.07, 6.45) is 10.6. The van der Waals surface area contributed by atoms with Crippen molar-refractivity contribution in [1.29, 1.82) is 0 Å². The largest absolute Gasteiger partial charge is 0.300 e. The van der Waals surface area contributed by atoms with Crippen LogP contribution < -0.4 is 0 Å². The summed E-state index contributed by atoms with van der Waals surface area (Å²) < 4.78 is 0. The fraction of sp³-hybridized carbons (Fsp3) is 0.556.